The van der Waals surface area contributed by atoms with Crippen molar-refractivity contribution in [1.29, 1.82) is 0 Å². The second kappa shape index (κ2) is 3.84. The SMILES string of the molecule is N[C@@H](C[13CH2][13C](=O)O)C(=O)O. The molecule has 0 aromatic heterocycles. The molecule has 0 bridgehead atoms. The highest BCUT2D eigenvalue weighted by Crippen LogP contribution is 1.93. The molecule has 0 rings (SSSR count). The molecule has 0 aliphatic carbocycles. The Bertz CT molecular complexity index is 145. The van der Waals surface area contributed by atoms with Crippen molar-refractivity contribution in [2.75, 3.05) is 0 Å². The molecule has 0 saturated heterocycles. The van der Waals surface area contributed by atoms with E-state index in [0.717, 1.165) is 0 Å². The van der Waals surface area contributed by atoms with Crippen LogP contribution in [0.4, 0.5) is 0 Å². The normalized spacial score (nSPS) is 12.5. The van der Waals surface area contributed by atoms with Gasteiger partial charge in [0.05, 0.1) is 0 Å². The van der Waals surface area contributed by atoms with Crippen LogP contribution in [0.2, 0.25) is 0 Å². The highest BCUT2D eigenvalue weighted by Gasteiger charge is 2.12. The molecule has 0 saturated carbocycles. The molecule has 1 atom stereocenters. The van der Waals surface area contributed by atoms with E-state index in [1.807, 2.05) is 0 Å². The lowest BCUT2D eigenvalue weighted by Gasteiger charge is -2.01. The minimum absolute atomic E-state index is 0.0231. The van der Waals surface area contributed by atoms with E-state index >= 15 is 0 Å². The van der Waals surface area contributed by atoms with Gasteiger partial charge in [0.25, 0.3) is 0 Å². The third-order valence-corrected chi connectivity index (χ3v) is 0.986. The Labute approximate surface area is 57.5 Å². The van der Waals surface area contributed by atoms with Gasteiger partial charge in [0.15, 0.2) is 0 Å². The first-order valence-electron chi connectivity index (χ1n) is 2.74. The van der Waals surface area contributed by atoms with Gasteiger partial charge in [-0.25, -0.2) is 0 Å². The molecule has 58 valence electrons. The van der Waals surface area contributed by atoms with E-state index in [4.69, 9.17) is 15.9 Å². The van der Waals surface area contributed by atoms with Gasteiger partial charge < -0.3 is 15.9 Å². The van der Waals surface area contributed by atoms with E-state index in [1.165, 1.54) is 0 Å². The van der Waals surface area contributed by atoms with Crippen LogP contribution in [0.15, 0.2) is 0 Å². The lowest BCUT2D eigenvalue weighted by molar-refractivity contribution is -0.139. The molecule has 0 aliphatic heterocycles. The van der Waals surface area contributed by atoms with Crippen LogP contribution in [0, 0.1) is 0 Å². The van der Waals surface area contributed by atoms with Crippen LogP contribution in [-0.4, -0.2) is 28.2 Å². The lowest BCUT2D eigenvalue weighted by atomic mass is 10.3. The molecular formula is C5H9NO4. The second-order valence-corrected chi connectivity index (χ2v) is 1.88. The summed E-state index contributed by atoms with van der Waals surface area (Å²) in [6.45, 7) is 0. The van der Waals surface area contributed by atoms with Crippen LogP contribution in [0.25, 0.3) is 0 Å². The quantitative estimate of drug-likeness (QED) is 0.457. The van der Waals surface area contributed by atoms with Crippen molar-refractivity contribution >= 4 is 11.9 Å². The van der Waals surface area contributed by atoms with Gasteiger partial charge in [-0.05, 0) is 6.42 Å². The van der Waals surface area contributed by atoms with Crippen LogP contribution in [0.1, 0.15) is 12.8 Å². The van der Waals surface area contributed by atoms with Gasteiger partial charge in [-0.3, -0.25) is 9.59 Å². The Hall–Kier alpha value is -1.10. The lowest BCUT2D eigenvalue weighted by Crippen LogP contribution is -2.30. The predicted molar refractivity (Wildman–Crippen MR) is 32.5 cm³/mol. The predicted octanol–water partition coefficient (Wildman–Crippen LogP) is -0.737. The molecule has 0 aliphatic rings. The van der Waals surface area contributed by atoms with Gasteiger partial charge in [0.1, 0.15) is 6.04 Å². The minimum Gasteiger partial charge on any atom is -0.481 e. The third kappa shape index (κ3) is 3.85. The van der Waals surface area contributed by atoms with Crippen molar-refractivity contribution in [3.05, 3.63) is 0 Å². The maximum Gasteiger partial charge on any atom is 0.320 e. The first-order chi connectivity index (χ1) is 4.54. The first-order valence-corrected chi connectivity index (χ1v) is 2.74. The molecule has 0 aromatic carbocycles. The van der Waals surface area contributed by atoms with Crippen molar-refractivity contribution in [2.45, 2.75) is 18.9 Å². The fourth-order valence-electron chi connectivity index (χ4n) is 0.402. The zero-order valence-corrected chi connectivity index (χ0v) is 5.28. The summed E-state index contributed by atoms with van der Waals surface area (Å²) < 4.78 is 0. The van der Waals surface area contributed by atoms with Crippen molar-refractivity contribution in [1.82, 2.24) is 0 Å². The summed E-state index contributed by atoms with van der Waals surface area (Å²) in [6, 6.07) is -1.06. The number of rotatable bonds is 4. The van der Waals surface area contributed by atoms with Crippen LogP contribution < -0.4 is 5.73 Å². The van der Waals surface area contributed by atoms with Gasteiger partial charge in [0.2, 0.25) is 0 Å². The molecule has 0 amide bonds. The molecule has 0 spiro atoms. The molecule has 4 N–H and O–H groups in total. The van der Waals surface area contributed by atoms with Crippen molar-refractivity contribution in [3.63, 3.8) is 0 Å². The van der Waals surface area contributed by atoms with Crippen molar-refractivity contribution in [3.8, 4) is 0 Å². The number of carboxylic acid groups (broad SMARTS) is 2. The molecular weight excluding hydrogens is 140 g/mol. The number of hydrogen-bond acceptors (Lipinski definition) is 3. The molecule has 0 aromatic rings. The minimum atomic E-state index is -1.17. The molecule has 0 heterocycles. The van der Waals surface area contributed by atoms with E-state index < -0.39 is 18.0 Å². The van der Waals surface area contributed by atoms with Crippen LogP contribution >= 0.6 is 0 Å². The Kier molecular flexibility index (Phi) is 3.42. The van der Waals surface area contributed by atoms with E-state index in [1.54, 1.807) is 0 Å². The highest BCUT2D eigenvalue weighted by atomic mass is 16.5. The summed E-state index contributed by atoms with van der Waals surface area (Å²) in [4.78, 5) is 19.9. The monoisotopic (exact) mass is 149 g/mol. The van der Waals surface area contributed by atoms with E-state index in [9.17, 15) is 9.59 Å². The Morgan fingerprint density at radius 1 is 1.40 bits per heavy atom. The van der Waals surface area contributed by atoms with Gasteiger partial charge >= 0.3 is 11.9 Å². The van der Waals surface area contributed by atoms with E-state index in [0.29, 0.717) is 0 Å². The van der Waals surface area contributed by atoms with E-state index in [2.05, 4.69) is 0 Å². The summed E-state index contributed by atoms with van der Waals surface area (Å²) in [6.07, 6.45) is -0.224. The van der Waals surface area contributed by atoms with Crippen LogP contribution in [0.3, 0.4) is 0 Å². The average Bonchev–Trinajstić information content (AvgIpc) is 1.82. The van der Waals surface area contributed by atoms with Gasteiger partial charge in [0, 0.05) is 6.42 Å². The first kappa shape index (κ1) is 8.90. The molecule has 5 nitrogen and oxygen atoms in total. The van der Waals surface area contributed by atoms with Crippen molar-refractivity contribution in [2.24, 2.45) is 5.73 Å². The number of carbonyl (C=O) groups is 2. The average molecular weight is 149 g/mol. The summed E-state index contributed by atoms with van der Waals surface area (Å²) in [7, 11) is 0. The van der Waals surface area contributed by atoms with E-state index in [-0.39, 0.29) is 12.8 Å². The fourth-order valence-corrected chi connectivity index (χ4v) is 0.402. The zero-order chi connectivity index (χ0) is 8.15. The zero-order valence-electron chi connectivity index (χ0n) is 5.28. The molecule has 0 radical (unpaired) electrons. The van der Waals surface area contributed by atoms with Crippen LogP contribution in [0.5, 0.6) is 0 Å². The molecule has 0 fully saturated rings. The Balaban J connectivity index is 3.49. The summed E-state index contributed by atoms with van der Waals surface area (Å²) in [5, 5.41) is 16.3. The summed E-state index contributed by atoms with van der Waals surface area (Å²) in [5.74, 6) is -2.20. The highest BCUT2D eigenvalue weighted by molar-refractivity contribution is 5.74. The van der Waals surface area contributed by atoms with Gasteiger partial charge in [-0.15, -0.1) is 0 Å². The molecule has 0 unspecified atom stereocenters. The van der Waals surface area contributed by atoms with Gasteiger partial charge in [-0.2, -0.15) is 0 Å². The maximum absolute atomic E-state index is 9.99. The summed E-state index contributed by atoms with van der Waals surface area (Å²) in [5.41, 5.74) is 5.00. The smallest absolute Gasteiger partial charge is 0.320 e. The summed E-state index contributed by atoms with van der Waals surface area (Å²) >= 11 is 0. The van der Waals surface area contributed by atoms with Gasteiger partial charge in [-0.1, -0.05) is 0 Å². The standard InChI is InChI=1S/C5H9NO4/c6-3(5(9)10)1-2-4(7)8/h3H,1-2,6H2,(H,7,8)(H,9,10)/t3-/m0/s1/i2+1,4+1. The Morgan fingerprint density at radius 2 is 1.90 bits per heavy atom. The number of aliphatic carboxylic acids is 2. The number of nitrogens with two attached hydrogens (primary N) is 1. The largest absolute Gasteiger partial charge is 0.481 e. The maximum atomic E-state index is 9.99. The second-order valence-electron chi connectivity index (χ2n) is 1.88. The number of hydrogen-bond donors (Lipinski definition) is 3. The van der Waals surface area contributed by atoms with Crippen molar-refractivity contribution < 1.29 is 19.8 Å². The fraction of sp³-hybridized carbons (Fsp3) is 0.600. The topological polar surface area (TPSA) is 101 Å². The Morgan fingerprint density at radius 3 is 2.20 bits per heavy atom. The number of carboxylic acids is 2. The third-order valence-electron chi connectivity index (χ3n) is 0.986. The van der Waals surface area contributed by atoms with Crippen LogP contribution in [-0.2, 0) is 9.59 Å². The molecule has 10 heavy (non-hydrogen) atoms. The molecule has 5 heteroatoms.